The second-order valence-corrected chi connectivity index (χ2v) is 7.44. The third-order valence-corrected chi connectivity index (χ3v) is 5.14. The summed E-state index contributed by atoms with van der Waals surface area (Å²) in [5.41, 5.74) is 1.70. The number of halogens is 1. The van der Waals surface area contributed by atoms with Gasteiger partial charge in [-0.3, -0.25) is 9.78 Å². The van der Waals surface area contributed by atoms with Crippen LogP contribution in [0.4, 0.5) is 10.1 Å². The number of sulfonamides is 1. The average molecular weight is 385 g/mol. The summed E-state index contributed by atoms with van der Waals surface area (Å²) < 4.78 is 39.7. The maximum atomic E-state index is 12.9. The molecule has 0 atom stereocenters. The summed E-state index contributed by atoms with van der Waals surface area (Å²) in [6, 6.07) is 14.5. The van der Waals surface area contributed by atoms with Crippen molar-refractivity contribution in [3.63, 3.8) is 0 Å². The van der Waals surface area contributed by atoms with Crippen LogP contribution < -0.4 is 10.0 Å². The van der Waals surface area contributed by atoms with Crippen LogP contribution >= 0.6 is 0 Å². The van der Waals surface area contributed by atoms with Crippen LogP contribution in [0.5, 0.6) is 0 Å². The van der Waals surface area contributed by atoms with E-state index in [1.54, 1.807) is 42.6 Å². The minimum Gasteiger partial charge on any atom is -0.321 e. The van der Waals surface area contributed by atoms with Crippen molar-refractivity contribution in [3.8, 4) is 0 Å². The molecular formula is C19H16FN3O3S. The Labute approximate surface area is 156 Å². The quantitative estimate of drug-likeness (QED) is 0.683. The Kier molecular flexibility index (Phi) is 5.58. The Balaban J connectivity index is 1.62. The van der Waals surface area contributed by atoms with Crippen LogP contribution in [-0.4, -0.2) is 19.3 Å². The molecule has 0 saturated heterocycles. The third-order valence-electron chi connectivity index (χ3n) is 3.73. The molecule has 1 amide bonds. The molecule has 0 spiro atoms. The second kappa shape index (κ2) is 8.07. The number of carbonyl (C=O) groups excluding carboxylic acids is 1. The van der Waals surface area contributed by atoms with E-state index in [4.69, 9.17) is 0 Å². The van der Waals surface area contributed by atoms with Crippen molar-refractivity contribution < 1.29 is 17.6 Å². The summed E-state index contributed by atoms with van der Waals surface area (Å²) in [6.45, 7) is 0.0458. The molecule has 3 aromatic rings. The largest absolute Gasteiger partial charge is 0.321 e. The highest BCUT2D eigenvalue weighted by molar-refractivity contribution is 7.89. The number of anilines is 1. The van der Waals surface area contributed by atoms with E-state index in [9.17, 15) is 17.6 Å². The molecular weight excluding hydrogens is 369 g/mol. The molecule has 1 heterocycles. The second-order valence-electron chi connectivity index (χ2n) is 5.67. The number of nitrogens with zero attached hydrogens (tertiary/aromatic N) is 1. The van der Waals surface area contributed by atoms with E-state index in [0.29, 0.717) is 16.8 Å². The fourth-order valence-corrected chi connectivity index (χ4v) is 3.31. The van der Waals surface area contributed by atoms with Crippen molar-refractivity contribution in [2.24, 2.45) is 0 Å². The van der Waals surface area contributed by atoms with Crippen molar-refractivity contribution in [2.45, 2.75) is 11.4 Å². The fourth-order valence-electron chi connectivity index (χ4n) is 2.29. The number of carbonyl (C=O) groups is 1. The zero-order chi connectivity index (χ0) is 19.3. The first kappa shape index (κ1) is 18.7. The molecule has 2 N–H and O–H groups in total. The van der Waals surface area contributed by atoms with E-state index in [1.165, 1.54) is 18.3 Å². The number of aromatic nitrogens is 1. The Bertz CT molecular complexity index is 1020. The molecule has 0 aliphatic heterocycles. The lowest BCUT2D eigenvalue weighted by Crippen LogP contribution is -2.23. The number of benzene rings is 2. The Hall–Kier alpha value is -3.10. The van der Waals surface area contributed by atoms with Crippen LogP contribution in [0, 0.1) is 5.82 Å². The first-order valence-corrected chi connectivity index (χ1v) is 9.48. The predicted octanol–water partition coefficient (Wildman–Crippen LogP) is 2.95. The number of hydrogen-bond donors (Lipinski definition) is 2. The Morgan fingerprint density at radius 2 is 1.70 bits per heavy atom. The van der Waals surface area contributed by atoms with E-state index in [1.807, 2.05) is 0 Å². The van der Waals surface area contributed by atoms with Crippen molar-refractivity contribution in [1.82, 2.24) is 9.71 Å². The van der Waals surface area contributed by atoms with Gasteiger partial charge in [0.1, 0.15) is 5.82 Å². The van der Waals surface area contributed by atoms with Crippen molar-refractivity contribution in [3.05, 3.63) is 90.0 Å². The van der Waals surface area contributed by atoms with Gasteiger partial charge in [-0.05, 0) is 54.1 Å². The Morgan fingerprint density at radius 3 is 2.33 bits per heavy atom. The summed E-state index contributed by atoms with van der Waals surface area (Å²) in [5.74, 6) is -0.796. The van der Waals surface area contributed by atoms with Crippen LogP contribution in [0.15, 0.2) is 78.0 Å². The van der Waals surface area contributed by atoms with Gasteiger partial charge in [0.25, 0.3) is 5.91 Å². The van der Waals surface area contributed by atoms with E-state index < -0.39 is 15.8 Å². The number of pyridine rings is 1. The van der Waals surface area contributed by atoms with Gasteiger partial charge in [0.2, 0.25) is 10.0 Å². The van der Waals surface area contributed by atoms with Gasteiger partial charge in [0.15, 0.2) is 0 Å². The molecule has 6 nitrogen and oxygen atoms in total. The van der Waals surface area contributed by atoms with Gasteiger partial charge in [-0.25, -0.2) is 17.5 Å². The van der Waals surface area contributed by atoms with Crippen molar-refractivity contribution in [1.29, 1.82) is 0 Å². The highest BCUT2D eigenvalue weighted by atomic mass is 32.2. The number of rotatable bonds is 6. The van der Waals surface area contributed by atoms with Crippen molar-refractivity contribution in [2.75, 3.05) is 5.32 Å². The van der Waals surface area contributed by atoms with Gasteiger partial charge in [0, 0.05) is 18.3 Å². The topological polar surface area (TPSA) is 88.2 Å². The van der Waals surface area contributed by atoms with Gasteiger partial charge in [-0.15, -0.1) is 0 Å². The van der Waals surface area contributed by atoms with E-state index in [-0.39, 0.29) is 17.3 Å². The molecule has 0 unspecified atom stereocenters. The average Bonchev–Trinajstić information content (AvgIpc) is 2.68. The minimum atomic E-state index is -3.75. The SMILES string of the molecule is O=C(Nc1cccnc1)c1ccc(CNS(=O)(=O)c2ccc(F)cc2)cc1. The fraction of sp³-hybridized carbons (Fsp3) is 0.0526. The zero-order valence-corrected chi connectivity index (χ0v) is 14.9. The normalized spacial score (nSPS) is 11.1. The van der Waals surface area contributed by atoms with Gasteiger partial charge < -0.3 is 5.32 Å². The highest BCUT2D eigenvalue weighted by Gasteiger charge is 2.14. The predicted molar refractivity (Wildman–Crippen MR) is 99.1 cm³/mol. The van der Waals surface area contributed by atoms with Gasteiger partial charge >= 0.3 is 0 Å². The number of nitrogens with one attached hydrogen (secondary N) is 2. The first-order chi connectivity index (χ1) is 12.9. The van der Waals surface area contributed by atoms with Crippen molar-refractivity contribution >= 4 is 21.6 Å². The maximum Gasteiger partial charge on any atom is 0.255 e. The molecule has 0 aliphatic rings. The molecule has 27 heavy (non-hydrogen) atoms. The monoisotopic (exact) mass is 385 g/mol. The molecule has 0 bridgehead atoms. The van der Waals surface area contributed by atoms with Crippen LogP contribution in [0.25, 0.3) is 0 Å². The molecule has 0 aliphatic carbocycles. The molecule has 0 saturated carbocycles. The summed E-state index contributed by atoms with van der Waals surface area (Å²) in [5, 5.41) is 2.72. The number of amides is 1. The molecule has 1 aromatic heterocycles. The van der Waals surface area contributed by atoms with E-state index in [0.717, 1.165) is 12.1 Å². The summed E-state index contributed by atoms with van der Waals surface area (Å²) in [6.07, 6.45) is 3.15. The lowest BCUT2D eigenvalue weighted by atomic mass is 10.1. The molecule has 3 rings (SSSR count). The summed E-state index contributed by atoms with van der Waals surface area (Å²) >= 11 is 0. The van der Waals surface area contributed by atoms with E-state index >= 15 is 0 Å². The standard InChI is InChI=1S/C19H16FN3O3S/c20-16-7-9-18(10-8-16)27(25,26)22-12-14-3-5-15(6-4-14)19(24)23-17-2-1-11-21-13-17/h1-11,13,22H,12H2,(H,23,24). The van der Waals surface area contributed by atoms with Crippen LogP contribution in [0.2, 0.25) is 0 Å². The smallest absolute Gasteiger partial charge is 0.255 e. The molecule has 138 valence electrons. The summed E-state index contributed by atoms with van der Waals surface area (Å²) in [7, 11) is -3.75. The summed E-state index contributed by atoms with van der Waals surface area (Å²) in [4.78, 5) is 16.1. The zero-order valence-electron chi connectivity index (χ0n) is 14.1. The minimum absolute atomic E-state index is 0.0173. The molecule has 2 aromatic carbocycles. The molecule has 0 radical (unpaired) electrons. The lowest BCUT2D eigenvalue weighted by Gasteiger charge is -2.08. The third kappa shape index (κ3) is 4.96. The first-order valence-electron chi connectivity index (χ1n) is 7.99. The van der Waals surface area contributed by atoms with Gasteiger partial charge in [-0.1, -0.05) is 12.1 Å². The van der Waals surface area contributed by atoms with Crippen LogP contribution in [0.1, 0.15) is 15.9 Å². The lowest BCUT2D eigenvalue weighted by molar-refractivity contribution is 0.102. The highest BCUT2D eigenvalue weighted by Crippen LogP contribution is 2.12. The number of hydrogen-bond acceptors (Lipinski definition) is 4. The Morgan fingerprint density at radius 1 is 1.00 bits per heavy atom. The van der Waals surface area contributed by atoms with Crippen LogP contribution in [0.3, 0.4) is 0 Å². The van der Waals surface area contributed by atoms with Gasteiger partial charge in [0.05, 0.1) is 16.8 Å². The van der Waals surface area contributed by atoms with E-state index in [2.05, 4.69) is 15.0 Å². The van der Waals surface area contributed by atoms with Gasteiger partial charge in [-0.2, -0.15) is 0 Å². The molecule has 0 fully saturated rings. The van der Waals surface area contributed by atoms with Crippen LogP contribution in [-0.2, 0) is 16.6 Å². The molecule has 8 heteroatoms. The maximum absolute atomic E-state index is 12.9.